The van der Waals surface area contributed by atoms with E-state index in [-0.39, 0.29) is 32.4 Å². The van der Waals surface area contributed by atoms with E-state index in [4.69, 9.17) is 4.99 Å². The van der Waals surface area contributed by atoms with Crippen LogP contribution in [0.1, 0.15) is 31.2 Å². The number of aromatic nitrogens is 1. The van der Waals surface area contributed by atoms with Crippen LogP contribution in [-0.4, -0.2) is 20.8 Å². The van der Waals surface area contributed by atoms with Gasteiger partial charge in [0.25, 0.3) is 0 Å². The van der Waals surface area contributed by atoms with Crippen LogP contribution in [0, 0.1) is 6.07 Å². The van der Waals surface area contributed by atoms with Gasteiger partial charge >= 0.3 is 0 Å². The van der Waals surface area contributed by atoms with Gasteiger partial charge in [-0.05, 0) is 42.0 Å². The average Bonchev–Trinajstić information content (AvgIpc) is 3.29. The van der Waals surface area contributed by atoms with Gasteiger partial charge in [-0.2, -0.15) is 0 Å². The second kappa shape index (κ2) is 7.01. The molecule has 0 saturated heterocycles. The first-order chi connectivity index (χ1) is 15.2. The normalized spacial score (nSPS) is 18.4. The van der Waals surface area contributed by atoms with Crippen molar-refractivity contribution < 1.29 is 26.2 Å². The predicted molar refractivity (Wildman–Crippen MR) is 125 cm³/mol. The first-order valence-electron chi connectivity index (χ1n) is 10.9. The van der Waals surface area contributed by atoms with Crippen molar-refractivity contribution in [2.75, 3.05) is 0 Å². The summed E-state index contributed by atoms with van der Waals surface area (Å²) >= 11 is 0. The number of rotatable bonds is 0. The SMILES string of the molecule is OC1=CC=CN2C1=Nc1c(ccc3cc4ccc5cccnc5c4[c-]c13)C21CCCC1.[Pt]. The number of aliphatic imine (C=N–C) groups is 1. The van der Waals surface area contributed by atoms with Gasteiger partial charge in [0.1, 0.15) is 0 Å². The van der Waals surface area contributed by atoms with Crippen LogP contribution in [0.2, 0.25) is 0 Å². The van der Waals surface area contributed by atoms with Crippen molar-refractivity contribution in [2.45, 2.75) is 31.2 Å². The first-order valence-corrected chi connectivity index (χ1v) is 10.9. The van der Waals surface area contributed by atoms with Gasteiger partial charge in [-0.1, -0.05) is 64.7 Å². The zero-order valence-corrected chi connectivity index (χ0v) is 19.6. The van der Waals surface area contributed by atoms with Gasteiger partial charge in [0.05, 0.1) is 5.54 Å². The van der Waals surface area contributed by atoms with Gasteiger partial charge in [0.2, 0.25) is 0 Å². The predicted octanol–water partition coefficient (Wildman–Crippen LogP) is 6.42. The Hall–Kier alpha value is -2.97. The standard InChI is InChI=1S/C27H20N3O.Pt/c31-23-6-4-14-30-26(23)29-25-21-16-20-18(8-7-17-5-3-13-28-24(17)20)15-19(21)9-10-22(25)27(30)11-1-2-12-27;/h3-10,13-15,31H,1-2,11-12H2;/q-1;. The molecule has 1 N–H and O–H groups in total. The van der Waals surface area contributed by atoms with Crippen LogP contribution < -0.4 is 0 Å². The van der Waals surface area contributed by atoms with Crippen LogP contribution >= 0.6 is 0 Å². The number of aliphatic hydroxyl groups excluding tert-OH is 1. The monoisotopic (exact) mass is 597 g/mol. The van der Waals surface area contributed by atoms with E-state index >= 15 is 0 Å². The van der Waals surface area contributed by atoms with E-state index in [2.05, 4.69) is 58.5 Å². The first kappa shape index (κ1) is 19.7. The molecule has 0 bridgehead atoms. The number of amidine groups is 1. The van der Waals surface area contributed by atoms with Crippen molar-refractivity contribution in [2.24, 2.45) is 4.99 Å². The van der Waals surface area contributed by atoms with E-state index in [1.54, 1.807) is 6.08 Å². The summed E-state index contributed by atoms with van der Waals surface area (Å²) in [6.45, 7) is 0. The number of pyridine rings is 1. The Kier molecular flexibility index (Phi) is 4.32. The maximum absolute atomic E-state index is 10.7. The zero-order valence-electron chi connectivity index (χ0n) is 17.3. The third-order valence-corrected chi connectivity index (χ3v) is 7.14. The van der Waals surface area contributed by atoms with Gasteiger partial charge in [-0.15, -0.1) is 12.1 Å². The number of hydrogen-bond acceptors (Lipinski definition) is 4. The summed E-state index contributed by atoms with van der Waals surface area (Å²) in [5, 5.41) is 16.0. The minimum absolute atomic E-state index is 0. The molecule has 160 valence electrons. The second-order valence-corrected chi connectivity index (χ2v) is 8.74. The minimum Gasteiger partial charge on any atom is -0.504 e. The largest absolute Gasteiger partial charge is 0.504 e. The van der Waals surface area contributed by atoms with Gasteiger partial charge in [-0.25, -0.2) is 0 Å². The topological polar surface area (TPSA) is 48.7 Å². The van der Waals surface area contributed by atoms with Crippen molar-refractivity contribution in [3.05, 3.63) is 84.4 Å². The third-order valence-electron chi connectivity index (χ3n) is 7.14. The van der Waals surface area contributed by atoms with Crippen molar-refractivity contribution in [3.63, 3.8) is 0 Å². The van der Waals surface area contributed by atoms with Gasteiger partial charge < -0.3 is 10.0 Å². The van der Waals surface area contributed by atoms with Gasteiger partial charge in [-0.3, -0.25) is 9.98 Å². The summed E-state index contributed by atoms with van der Waals surface area (Å²) in [7, 11) is 0. The molecule has 1 aliphatic carbocycles. The molecule has 5 heteroatoms. The van der Waals surface area contributed by atoms with Crippen molar-refractivity contribution in [1.82, 2.24) is 9.88 Å². The molecule has 32 heavy (non-hydrogen) atoms. The van der Waals surface area contributed by atoms with Crippen LogP contribution in [0.3, 0.4) is 0 Å². The summed E-state index contributed by atoms with van der Waals surface area (Å²) < 4.78 is 0. The van der Waals surface area contributed by atoms with Crippen LogP contribution in [0.4, 0.5) is 5.69 Å². The molecule has 0 unspecified atom stereocenters. The van der Waals surface area contributed by atoms with Crippen LogP contribution in [0.15, 0.2) is 77.8 Å². The third kappa shape index (κ3) is 2.53. The molecule has 2 aliphatic heterocycles. The molecule has 3 heterocycles. The van der Waals surface area contributed by atoms with E-state index in [0.29, 0.717) is 5.84 Å². The molecule has 0 atom stereocenters. The summed E-state index contributed by atoms with van der Waals surface area (Å²) in [5.74, 6) is 0.873. The molecule has 0 amide bonds. The fraction of sp³-hybridized carbons (Fsp3) is 0.185. The fourth-order valence-corrected chi connectivity index (χ4v) is 5.71. The molecule has 3 aliphatic rings. The van der Waals surface area contributed by atoms with Crippen molar-refractivity contribution >= 4 is 44.0 Å². The molecule has 1 fully saturated rings. The van der Waals surface area contributed by atoms with E-state index < -0.39 is 0 Å². The number of nitrogens with zero attached hydrogens (tertiary/aromatic N) is 3. The van der Waals surface area contributed by atoms with Crippen LogP contribution in [-0.2, 0) is 26.6 Å². The molecule has 3 aromatic carbocycles. The molecule has 4 nitrogen and oxygen atoms in total. The quantitative estimate of drug-likeness (QED) is 0.145. The summed E-state index contributed by atoms with van der Waals surface area (Å²) in [6.07, 6.45) is 12.0. The maximum atomic E-state index is 10.7. The molecular weight excluding hydrogens is 577 g/mol. The number of aliphatic hydroxyl groups is 1. The summed E-state index contributed by atoms with van der Waals surface area (Å²) in [4.78, 5) is 11.8. The van der Waals surface area contributed by atoms with Gasteiger partial charge in [0, 0.05) is 44.7 Å². The fourth-order valence-electron chi connectivity index (χ4n) is 5.71. The number of hydrogen-bond donors (Lipinski definition) is 1. The Morgan fingerprint density at radius 1 is 0.969 bits per heavy atom. The number of benzene rings is 3. The van der Waals surface area contributed by atoms with E-state index in [1.807, 2.05) is 18.3 Å². The molecule has 1 saturated carbocycles. The van der Waals surface area contributed by atoms with Crippen molar-refractivity contribution in [1.29, 1.82) is 0 Å². The van der Waals surface area contributed by atoms with E-state index in [0.717, 1.165) is 51.0 Å². The molecule has 4 aromatic rings. The summed E-state index contributed by atoms with van der Waals surface area (Å²) in [5.41, 5.74) is 2.99. The molecule has 1 aromatic heterocycles. The van der Waals surface area contributed by atoms with Gasteiger partial charge in [0.15, 0.2) is 11.6 Å². The summed E-state index contributed by atoms with van der Waals surface area (Å²) in [6, 6.07) is 18.7. The van der Waals surface area contributed by atoms with Crippen molar-refractivity contribution in [3.8, 4) is 0 Å². The van der Waals surface area contributed by atoms with Crippen LogP contribution in [0.5, 0.6) is 0 Å². The second-order valence-electron chi connectivity index (χ2n) is 8.74. The Morgan fingerprint density at radius 3 is 2.62 bits per heavy atom. The minimum atomic E-state index is -0.154. The molecule has 0 radical (unpaired) electrons. The Balaban J connectivity index is 0.00000196. The number of fused-ring (bicyclic) bond motifs is 9. The van der Waals surface area contributed by atoms with E-state index in [9.17, 15) is 5.11 Å². The molecule has 1 spiro atoms. The average molecular weight is 598 g/mol. The smallest absolute Gasteiger partial charge is 0.168 e. The Labute approximate surface area is 200 Å². The van der Waals surface area contributed by atoms with Crippen LogP contribution in [0.25, 0.3) is 32.4 Å². The molecular formula is C27H20N3OPt-. The Bertz CT molecular complexity index is 1510. The van der Waals surface area contributed by atoms with E-state index in [1.165, 1.54) is 18.4 Å². The maximum Gasteiger partial charge on any atom is 0.168 e. The zero-order chi connectivity index (χ0) is 20.6. The number of allylic oxidation sites excluding steroid dienone is 2. The Morgan fingerprint density at radius 2 is 1.75 bits per heavy atom. The molecule has 7 rings (SSSR count).